The van der Waals surface area contributed by atoms with E-state index in [-0.39, 0.29) is 23.0 Å². The van der Waals surface area contributed by atoms with Gasteiger partial charge in [0.15, 0.2) is 0 Å². The smallest absolute Gasteiger partial charge is 0.246 e. The monoisotopic (exact) mass is 322 g/mol. The average Bonchev–Trinajstić information content (AvgIpc) is 2.43. The van der Waals surface area contributed by atoms with Gasteiger partial charge in [0, 0.05) is 22.7 Å². The lowest BCUT2D eigenvalue weighted by molar-refractivity contribution is -0.310. The van der Waals surface area contributed by atoms with Gasteiger partial charge in [0.2, 0.25) is 5.91 Å². The van der Waals surface area contributed by atoms with E-state index in [1.807, 2.05) is 0 Å². The van der Waals surface area contributed by atoms with Crippen LogP contribution in [0, 0.1) is 0 Å². The van der Waals surface area contributed by atoms with Crippen LogP contribution in [-0.2, 0) is 9.63 Å². The lowest BCUT2D eigenvalue weighted by Crippen LogP contribution is -2.64. The molecule has 2 fully saturated rings. The van der Waals surface area contributed by atoms with Crippen LogP contribution in [0.3, 0.4) is 0 Å². The number of amides is 1. The summed E-state index contributed by atoms with van der Waals surface area (Å²) in [5.41, 5.74) is 0.361. The second-order valence-corrected chi connectivity index (χ2v) is 8.64. The molecule has 0 unspecified atom stereocenters. The Bertz CT molecular complexity index is 432. The molecule has 4 nitrogen and oxygen atoms in total. The number of piperidine rings is 1. The summed E-state index contributed by atoms with van der Waals surface area (Å²) in [6.45, 7) is 14.4. The maximum absolute atomic E-state index is 12.0. The van der Waals surface area contributed by atoms with Crippen molar-refractivity contribution in [3.8, 4) is 0 Å². The van der Waals surface area contributed by atoms with E-state index in [2.05, 4.69) is 44.7 Å². The van der Waals surface area contributed by atoms with Crippen LogP contribution in [0.2, 0.25) is 0 Å². The molecule has 1 heterocycles. The van der Waals surface area contributed by atoms with E-state index < -0.39 is 0 Å². The Kier molecular flexibility index (Phi) is 5.57. The van der Waals surface area contributed by atoms with Gasteiger partial charge in [0.25, 0.3) is 0 Å². The molecule has 1 aliphatic carbocycles. The van der Waals surface area contributed by atoms with Gasteiger partial charge < -0.3 is 5.32 Å². The van der Waals surface area contributed by atoms with Crippen molar-refractivity contribution in [2.45, 2.75) is 103 Å². The van der Waals surface area contributed by atoms with Crippen LogP contribution in [0.4, 0.5) is 0 Å². The van der Waals surface area contributed by atoms with Crippen LogP contribution in [0.1, 0.15) is 79.6 Å². The van der Waals surface area contributed by atoms with E-state index >= 15 is 0 Å². The fourth-order valence-electron chi connectivity index (χ4n) is 4.28. The van der Waals surface area contributed by atoms with Crippen LogP contribution in [0.25, 0.3) is 0 Å². The van der Waals surface area contributed by atoms with Crippen LogP contribution in [0.15, 0.2) is 12.2 Å². The maximum atomic E-state index is 12.0. The largest absolute Gasteiger partial charge is 0.349 e. The van der Waals surface area contributed by atoms with Crippen LogP contribution >= 0.6 is 0 Å². The summed E-state index contributed by atoms with van der Waals surface area (Å²) in [5, 5.41) is 5.35. The zero-order valence-corrected chi connectivity index (χ0v) is 15.6. The van der Waals surface area contributed by atoms with Gasteiger partial charge in [0.05, 0.1) is 6.10 Å². The number of rotatable bonds is 4. The number of hydrogen-bond acceptors (Lipinski definition) is 3. The molecule has 0 aromatic carbocycles. The Morgan fingerprint density at radius 1 is 1.09 bits per heavy atom. The third kappa shape index (κ3) is 4.57. The second-order valence-electron chi connectivity index (χ2n) is 8.64. The summed E-state index contributed by atoms with van der Waals surface area (Å²) >= 11 is 0. The third-order valence-corrected chi connectivity index (χ3v) is 5.12. The fourth-order valence-corrected chi connectivity index (χ4v) is 4.28. The topological polar surface area (TPSA) is 41.6 Å². The SMILES string of the molecule is C=C(C)C(=O)NC1CC(C)(C)N(OC2CCCCC2)C(C)(C)C1. The lowest BCUT2D eigenvalue weighted by atomic mass is 9.78. The van der Waals surface area contributed by atoms with Gasteiger partial charge in [0.1, 0.15) is 0 Å². The molecule has 0 radical (unpaired) electrons. The first kappa shape index (κ1) is 18.5. The molecule has 1 N–H and O–H groups in total. The zero-order valence-electron chi connectivity index (χ0n) is 15.6. The Hall–Kier alpha value is -0.870. The van der Waals surface area contributed by atoms with Crippen molar-refractivity contribution in [3.05, 3.63) is 12.2 Å². The molecule has 23 heavy (non-hydrogen) atoms. The summed E-state index contributed by atoms with van der Waals surface area (Å²) in [7, 11) is 0. The molecule has 0 aromatic rings. The first-order valence-corrected chi connectivity index (χ1v) is 9.05. The molecule has 1 amide bonds. The molecule has 0 bridgehead atoms. The van der Waals surface area contributed by atoms with E-state index in [0.717, 1.165) is 12.8 Å². The Morgan fingerprint density at radius 2 is 1.61 bits per heavy atom. The van der Waals surface area contributed by atoms with E-state index in [4.69, 9.17) is 4.84 Å². The zero-order chi connectivity index (χ0) is 17.3. The van der Waals surface area contributed by atoms with Crippen molar-refractivity contribution in [2.24, 2.45) is 0 Å². The first-order valence-electron chi connectivity index (χ1n) is 9.05. The van der Waals surface area contributed by atoms with Crippen molar-refractivity contribution in [1.82, 2.24) is 10.4 Å². The summed E-state index contributed by atoms with van der Waals surface area (Å²) in [6.07, 6.45) is 8.35. The van der Waals surface area contributed by atoms with Gasteiger partial charge in [-0.3, -0.25) is 9.63 Å². The molecule has 1 saturated carbocycles. The molecule has 4 heteroatoms. The Morgan fingerprint density at radius 3 is 2.09 bits per heavy atom. The quantitative estimate of drug-likeness (QED) is 0.796. The molecule has 0 spiro atoms. The summed E-state index contributed by atoms with van der Waals surface area (Å²) in [6, 6.07) is 0.162. The molecule has 132 valence electrons. The van der Waals surface area contributed by atoms with Gasteiger partial charge in [-0.05, 0) is 60.3 Å². The summed E-state index contributed by atoms with van der Waals surface area (Å²) in [4.78, 5) is 18.4. The number of hydrogen-bond donors (Lipinski definition) is 1. The predicted molar refractivity (Wildman–Crippen MR) is 93.9 cm³/mol. The minimum atomic E-state index is -0.105. The predicted octanol–water partition coefficient (Wildman–Crippen LogP) is 3.96. The molecule has 0 aromatic heterocycles. The minimum absolute atomic E-state index is 0.0387. The van der Waals surface area contributed by atoms with Gasteiger partial charge in [-0.2, -0.15) is 5.06 Å². The van der Waals surface area contributed by atoms with Gasteiger partial charge in [-0.25, -0.2) is 0 Å². The van der Waals surface area contributed by atoms with Crippen LogP contribution < -0.4 is 5.32 Å². The number of carbonyl (C=O) groups is 1. The van der Waals surface area contributed by atoms with Crippen molar-refractivity contribution in [2.75, 3.05) is 0 Å². The summed E-state index contributed by atoms with van der Waals surface area (Å²) < 4.78 is 0. The lowest BCUT2D eigenvalue weighted by Gasteiger charge is -2.55. The first-order chi connectivity index (χ1) is 10.6. The highest BCUT2D eigenvalue weighted by molar-refractivity contribution is 5.92. The maximum Gasteiger partial charge on any atom is 0.246 e. The number of hydroxylamine groups is 2. The number of carbonyl (C=O) groups excluding carboxylic acids is 1. The number of nitrogens with zero attached hydrogens (tertiary/aromatic N) is 1. The van der Waals surface area contributed by atoms with Crippen LogP contribution in [-0.4, -0.2) is 34.2 Å². The average molecular weight is 322 g/mol. The fraction of sp³-hybridized carbons (Fsp3) is 0.842. The highest BCUT2D eigenvalue weighted by atomic mass is 16.7. The highest BCUT2D eigenvalue weighted by Gasteiger charge is 2.47. The molecule has 2 aliphatic rings. The van der Waals surface area contributed by atoms with Crippen molar-refractivity contribution >= 4 is 5.91 Å². The van der Waals surface area contributed by atoms with E-state index in [1.54, 1.807) is 6.92 Å². The van der Waals surface area contributed by atoms with Crippen molar-refractivity contribution in [3.63, 3.8) is 0 Å². The standard InChI is InChI=1S/C19H34N2O2/c1-14(2)17(22)20-15-12-18(3,4)21(19(5,6)13-15)23-16-10-8-7-9-11-16/h15-16H,1,7-13H2,2-6H3,(H,20,22). The van der Waals surface area contributed by atoms with Crippen LogP contribution in [0.5, 0.6) is 0 Å². The normalized spacial score (nSPS) is 26.0. The van der Waals surface area contributed by atoms with E-state index in [9.17, 15) is 4.79 Å². The summed E-state index contributed by atoms with van der Waals surface area (Å²) in [5.74, 6) is -0.0387. The molecular formula is C19H34N2O2. The molecule has 1 aliphatic heterocycles. The van der Waals surface area contributed by atoms with Gasteiger partial charge in [-0.1, -0.05) is 25.8 Å². The number of nitrogens with one attached hydrogen (secondary N) is 1. The molecule has 0 atom stereocenters. The van der Waals surface area contributed by atoms with Crippen molar-refractivity contribution in [1.29, 1.82) is 0 Å². The second kappa shape index (κ2) is 6.94. The molecule has 2 rings (SSSR count). The Labute approximate surface area is 141 Å². The molecular weight excluding hydrogens is 288 g/mol. The van der Waals surface area contributed by atoms with E-state index in [1.165, 1.54) is 32.1 Å². The third-order valence-electron chi connectivity index (χ3n) is 5.12. The highest BCUT2D eigenvalue weighted by Crippen LogP contribution is 2.40. The minimum Gasteiger partial charge on any atom is -0.349 e. The van der Waals surface area contributed by atoms with Gasteiger partial charge in [-0.15, -0.1) is 0 Å². The van der Waals surface area contributed by atoms with E-state index in [0.29, 0.717) is 11.7 Å². The Balaban J connectivity index is 2.06. The molecule has 1 saturated heterocycles. The van der Waals surface area contributed by atoms with Gasteiger partial charge >= 0.3 is 0 Å². The van der Waals surface area contributed by atoms with Crippen molar-refractivity contribution < 1.29 is 9.63 Å².